The van der Waals surface area contributed by atoms with Gasteiger partial charge < -0.3 is 19.4 Å². The van der Waals surface area contributed by atoms with Crippen molar-refractivity contribution < 1.29 is 14.2 Å². The van der Waals surface area contributed by atoms with Crippen molar-refractivity contribution in [3.63, 3.8) is 0 Å². The normalized spacial score (nSPS) is 14.4. The lowest BCUT2D eigenvalue weighted by atomic mass is 10.2. The van der Waals surface area contributed by atoms with E-state index >= 15 is 0 Å². The highest BCUT2D eigenvalue weighted by atomic mass is 31.2. The second-order valence-electron chi connectivity index (χ2n) is 7.05. The van der Waals surface area contributed by atoms with Gasteiger partial charge >= 0.3 is 0 Å². The zero-order valence-corrected chi connectivity index (χ0v) is 17.8. The lowest BCUT2D eigenvalue weighted by Gasteiger charge is -2.25. The maximum absolute atomic E-state index is 13.8. The number of anilines is 2. The molecule has 0 unspecified atom stereocenters. The Morgan fingerprint density at radius 1 is 0.926 bits per heavy atom. The minimum Gasteiger partial charge on any atom is -0.378 e. The van der Waals surface area contributed by atoms with Crippen LogP contribution < -0.4 is 15.1 Å². The fourth-order valence-electron chi connectivity index (χ4n) is 2.73. The van der Waals surface area contributed by atoms with Gasteiger partial charge in [-0.1, -0.05) is 25.5 Å². The fourth-order valence-corrected chi connectivity index (χ4v) is 4.83. The van der Waals surface area contributed by atoms with Gasteiger partial charge in [0.05, 0.1) is 6.61 Å². The minimum absolute atomic E-state index is 0.357. The van der Waals surface area contributed by atoms with E-state index in [4.69, 9.17) is 4.52 Å². The summed E-state index contributed by atoms with van der Waals surface area (Å²) in [5.41, 5.74) is 2.61. The molecule has 148 valence electrons. The summed E-state index contributed by atoms with van der Waals surface area (Å²) in [6.45, 7) is 2.41. The molecule has 0 aliphatic heterocycles. The number of benzene rings is 2. The number of hydrogen-bond donors (Lipinski definition) is 1. The van der Waals surface area contributed by atoms with Gasteiger partial charge in [-0.2, -0.15) is 0 Å². The Balaban J connectivity index is 2.37. The highest BCUT2D eigenvalue weighted by molar-refractivity contribution is 7.67. The highest BCUT2D eigenvalue weighted by Gasteiger charge is 2.36. The first kappa shape index (κ1) is 21.5. The molecule has 0 saturated heterocycles. The van der Waals surface area contributed by atoms with Crippen LogP contribution in [0.15, 0.2) is 48.5 Å². The zero-order valence-electron chi connectivity index (χ0n) is 16.9. The van der Waals surface area contributed by atoms with E-state index in [0.29, 0.717) is 17.5 Å². The van der Waals surface area contributed by atoms with Crippen molar-refractivity contribution in [3.05, 3.63) is 54.1 Å². The molecule has 2 rings (SSSR count). The molecule has 0 bridgehead atoms. The number of aliphatic hydroxyl groups excluding tert-OH is 1. The van der Waals surface area contributed by atoms with Crippen LogP contribution >= 0.6 is 7.37 Å². The van der Waals surface area contributed by atoms with Crippen LogP contribution in [0.1, 0.15) is 31.2 Å². The summed E-state index contributed by atoms with van der Waals surface area (Å²) in [4.78, 5) is 3.95. The van der Waals surface area contributed by atoms with Crippen molar-refractivity contribution in [3.8, 4) is 0 Å². The van der Waals surface area contributed by atoms with Gasteiger partial charge in [0, 0.05) is 44.9 Å². The summed E-state index contributed by atoms with van der Waals surface area (Å²) in [5, 5.41) is 11.5. The summed E-state index contributed by atoms with van der Waals surface area (Å²) < 4.78 is 19.6. The molecule has 5 nitrogen and oxygen atoms in total. The minimum atomic E-state index is -3.48. The standard InChI is InChI=1S/C21H31N2O3P/c1-6-7-16-26-27(25,20-14-12-19(13-15-20)23(4)5)21(24)17-8-10-18(11-9-17)22(2)3/h8-15,21,24H,6-7,16H2,1-5H3/t21-,27+/m0/s1. The van der Waals surface area contributed by atoms with Crippen LogP contribution in [0.4, 0.5) is 11.4 Å². The first-order valence-corrected chi connectivity index (χ1v) is 11.0. The summed E-state index contributed by atoms with van der Waals surface area (Å²) in [6.07, 6.45) is 1.74. The van der Waals surface area contributed by atoms with E-state index in [1.165, 1.54) is 0 Å². The van der Waals surface area contributed by atoms with E-state index in [1.807, 2.05) is 74.4 Å². The topological polar surface area (TPSA) is 53.0 Å². The lowest BCUT2D eigenvalue weighted by molar-refractivity contribution is 0.213. The Labute approximate surface area is 163 Å². The van der Waals surface area contributed by atoms with Gasteiger partial charge in [-0.05, 0) is 48.4 Å². The molecule has 0 heterocycles. The highest BCUT2D eigenvalue weighted by Crippen LogP contribution is 2.57. The molecule has 0 aliphatic carbocycles. The lowest BCUT2D eigenvalue weighted by Crippen LogP contribution is -2.16. The van der Waals surface area contributed by atoms with Crippen LogP contribution in [0.5, 0.6) is 0 Å². The molecule has 1 N–H and O–H groups in total. The second-order valence-corrected chi connectivity index (χ2v) is 9.51. The Kier molecular flexibility index (Phi) is 7.49. The van der Waals surface area contributed by atoms with Crippen LogP contribution in [-0.2, 0) is 9.09 Å². The van der Waals surface area contributed by atoms with E-state index in [9.17, 15) is 9.67 Å². The smallest absolute Gasteiger partial charge is 0.264 e. The molecular formula is C21H31N2O3P. The first-order valence-electron chi connectivity index (χ1n) is 9.27. The van der Waals surface area contributed by atoms with Crippen molar-refractivity contribution in [2.75, 3.05) is 44.6 Å². The molecule has 0 radical (unpaired) electrons. The molecule has 0 spiro atoms. The zero-order chi connectivity index (χ0) is 20.0. The van der Waals surface area contributed by atoms with E-state index in [2.05, 4.69) is 6.92 Å². The Morgan fingerprint density at radius 2 is 1.41 bits per heavy atom. The summed E-state index contributed by atoms with van der Waals surface area (Å²) in [7, 11) is 4.33. The molecule has 0 aliphatic rings. The fraction of sp³-hybridized carbons (Fsp3) is 0.429. The van der Waals surface area contributed by atoms with Gasteiger partial charge in [-0.15, -0.1) is 0 Å². The molecule has 2 atom stereocenters. The third-order valence-corrected chi connectivity index (χ3v) is 7.06. The molecule has 0 fully saturated rings. The van der Waals surface area contributed by atoms with Gasteiger partial charge in [0.2, 0.25) is 0 Å². The van der Waals surface area contributed by atoms with Crippen molar-refractivity contribution in [2.24, 2.45) is 0 Å². The SMILES string of the molecule is CCCCO[P@](=O)(c1ccc(N(C)C)cc1)[C@H](O)c1ccc(N(C)C)cc1. The molecule has 0 amide bonds. The van der Waals surface area contributed by atoms with Gasteiger partial charge in [0.15, 0.2) is 5.85 Å². The van der Waals surface area contributed by atoms with E-state index in [1.54, 1.807) is 12.1 Å². The number of rotatable bonds is 9. The molecule has 2 aromatic rings. The monoisotopic (exact) mass is 390 g/mol. The van der Waals surface area contributed by atoms with Gasteiger partial charge in [0.25, 0.3) is 7.37 Å². The Bertz CT molecular complexity index is 758. The second kappa shape index (κ2) is 9.41. The first-order chi connectivity index (χ1) is 12.8. The predicted octanol–water partition coefficient (Wildman–Crippen LogP) is 4.23. The van der Waals surface area contributed by atoms with Crippen molar-refractivity contribution in [2.45, 2.75) is 25.6 Å². The number of aliphatic hydroxyl groups is 1. The van der Waals surface area contributed by atoms with Gasteiger partial charge in [0.1, 0.15) is 0 Å². The van der Waals surface area contributed by atoms with Crippen molar-refractivity contribution in [1.29, 1.82) is 0 Å². The van der Waals surface area contributed by atoms with Crippen LogP contribution in [0, 0.1) is 0 Å². The van der Waals surface area contributed by atoms with Crippen LogP contribution in [0.3, 0.4) is 0 Å². The Hall–Kier alpha value is -1.81. The predicted molar refractivity (Wildman–Crippen MR) is 115 cm³/mol. The van der Waals surface area contributed by atoms with Crippen molar-refractivity contribution in [1.82, 2.24) is 0 Å². The summed E-state index contributed by atoms with van der Waals surface area (Å²) >= 11 is 0. The average Bonchev–Trinajstić information content (AvgIpc) is 2.67. The molecule has 6 heteroatoms. The molecule has 27 heavy (non-hydrogen) atoms. The third-order valence-electron chi connectivity index (χ3n) is 4.54. The van der Waals surface area contributed by atoms with Crippen LogP contribution in [0.25, 0.3) is 0 Å². The van der Waals surface area contributed by atoms with E-state index in [-0.39, 0.29) is 0 Å². The molecular weight excluding hydrogens is 359 g/mol. The Morgan fingerprint density at radius 3 is 1.85 bits per heavy atom. The summed E-state index contributed by atoms with van der Waals surface area (Å²) in [6, 6.07) is 14.8. The number of hydrogen-bond acceptors (Lipinski definition) is 5. The largest absolute Gasteiger partial charge is 0.378 e. The molecule has 0 saturated carbocycles. The van der Waals surface area contributed by atoms with Gasteiger partial charge in [-0.3, -0.25) is 4.57 Å². The van der Waals surface area contributed by atoms with E-state index in [0.717, 1.165) is 24.2 Å². The maximum Gasteiger partial charge on any atom is 0.264 e. The number of unbranched alkanes of at least 4 members (excludes halogenated alkanes) is 1. The quantitative estimate of drug-likeness (QED) is 0.513. The summed E-state index contributed by atoms with van der Waals surface area (Å²) in [5.74, 6) is -1.20. The maximum atomic E-state index is 13.8. The van der Waals surface area contributed by atoms with E-state index < -0.39 is 13.2 Å². The third kappa shape index (κ3) is 5.13. The van der Waals surface area contributed by atoms with Crippen LogP contribution in [-0.4, -0.2) is 39.9 Å². The molecule has 0 aromatic heterocycles. The van der Waals surface area contributed by atoms with Crippen LogP contribution in [0.2, 0.25) is 0 Å². The molecule has 2 aromatic carbocycles. The van der Waals surface area contributed by atoms with Gasteiger partial charge in [-0.25, -0.2) is 0 Å². The average molecular weight is 390 g/mol. The number of nitrogens with zero attached hydrogens (tertiary/aromatic N) is 2. The van der Waals surface area contributed by atoms with Crippen molar-refractivity contribution >= 4 is 24.0 Å².